The van der Waals surface area contributed by atoms with E-state index in [-0.39, 0.29) is 12.1 Å². The van der Waals surface area contributed by atoms with Crippen molar-refractivity contribution >= 4 is 17.3 Å². The maximum absolute atomic E-state index is 11.5. The number of non-ortho nitro benzene ring substituents is 2. The number of azide groups is 1. The Morgan fingerprint density at radius 1 is 1.32 bits per heavy atom. The van der Waals surface area contributed by atoms with Gasteiger partial charge >= 0.3 is 5.97 Å². The average Bonchev–Trinajstić information content (AvgIpc) is 2.49. The summed E-state index contributed by atoms with van der Waals surface area (Å²) in [6.07, 6.45) is 0. The van der Waals surface area contributed by atoms with Crippen molar-refractivity contribution in [2.75, 3.05) is 6.54 Å². The van der Waals surface area contributed by atoms with Crippen LogP contribution in [-0.4, -0.2) is 28.4 Å². The van der Waals surface area contributed by atoms with E-state index < -0.39 is 39.8 Å². The normalized spacial score (nSPS) is 11.1. The van der Waals surface area contributed by atoms with Crippen LogP contribution in [0.4, 0.5) is 11.4 Å². The standard InChI is InChI=1S/C10H10N6O6/c11-9(4-13-14-12)10(17)22-5-6-1-7(15(18)19)3-8(2-6)16(20)21/h1-3,9H,4-5,11H2. The molecule has 0 fully saturated rings. The molecule has 0 bridgehead atoms. The Morgan fingerprint density at radius 3 is 2.32 bits per heavy atom. The Kier molecular flexibility index (Phi) is 5.75. The fourth-order valence-electron chi connectivity index (χ4n) is 1.41. The van der Waals surface area contributed by atoms with Gasteiger partial charge in [0.25, 0.3) is 11.4 Å². The van der Waals surface area contributed by atoms with Gasteiger partial charge in [-0.2, -0.15) is 0 Å². The van der Waals surface area contributed by atoms with Gasteiger partial charge < -0.3 is 10.5 Å². The minimum Gasteiger partial charge on any atom is -0.460 e. The monoisotopic (exact) mass is 310 g/mol. The van der Waals surface area contributed by atoms with Crippen molar-refractivity contribution in [1.82, 2.24) is 0 Å². The van der Waals surface area contributed by atoms with Crippen LogP contribution in [0.3, 0.4) is 0 Å². The third kappa shape index (κ3) is 4.70. The zero-order valence-corrected chi connectivity index (χ0v) is 11.0. The Bertz CT molecular complexity index is 623. The van der Waals surface area contributed by atoms with Crippen molar-refractivity contribution in [2.45, 2.75) is 12.6 Å². The van der Waals surface area contributed by atoms with Crippen LogP contribution in [0.1, 0.15) is 5.56 Å². The lowest BCUT2D eigenvalue weighted by atomic mass is 10.2. The van der Waals surface area contributed by atoms with Crippen LogP contribution in [-0.2, 0) is 16.1 Å². The summed E-state index contributed by atoms with van der Waals surface area (Å²) >= 11 is 0. The summed E-state index contributed by atoms with van der Waals surface area (Å²) < 4.78 is 4.76. The number of carbonyl (C=O) groups is 1. The van der Waals surface area contributed by atoms with Crippen molar-refractivity contribution in [2.24, 2.45) is 10.8 Å². The fraction of sp³-hybridized carbons (Fsp3) is 0.300. The lowest BCUT2D eigenvalue weighted by Gasteiger charge is -2.09. The molecule has 0 saturated carbocycles. The molecule has 12 heteroatoms. The zero-order chi connectivity index (χ0) is 16.7. The molecular weight excluding hydrogens is 300 g/mol. The molecule has 0 spiro atoms. The predicted octanol–water partition coefficient (Wildman–Crippen LogP) is 1.18. The molecule has 0 aliphatic carbocycles. The summed E-state index contributed by atoms with van der Waals surface area (Å²) in [6, 6.07) is 1.68. The SMILES string of the molecule is [N-]=[N+]=NCC(N)C(=O)OCc1cc([N+](=O)[O-])cc([N+](=O)[O-])c1. The van der Waals surface area contributed by atoms with E-state index in [1.54, 1.807) is 0 Å². The molecular formula is C10H10N6O6. The van der Waals surface area contributed by atoms with Crippen LogP contribution in [0.2, 0.25) is 0 Å². The van der Waals surface area contributed by atoms with Gasteiger partial charge in [0.2, 0.25) is 0 Å². The summed E-state index contributed by atoms with van der Waals surface area (Å²) in [5.74, 6) is -0.901. The highest BCUT2D eigenvalue weighted by Gasteiger charge is 2.18. The number of hydrogen-bond donors (Lipinski definition) is 1. The van der Waals surface area contributed by atoms with Gasteiger partial charge in [0.15, 0.2) is 0 Å². The summed E-state index contributed by atoms with van der Waals surface area (Å²) in [5, 5.41) is 24.5. The number of esters is 1. The molecule has 1 aromatic carbocycles. The zero-order valence-electron chi connectivity index (χ0n) is 11.0. The lowest BCUT2D eigenvalue weighted by Crippen LogP contribution is -2.34. The molecule has 1 rings (SSSR count). The molecule has 0 saturated heterocycles. The highest BCUT2D eigenvalue weighted by molar-refractivity contribution is 5.75. The van der Waals surface area contributed by atoms with Gasteiger partial charge in [0.05, 0.1) is 22.5 Å². The first-order valence-corrected chi connectivity index (χ1v) is 5.71. The predicted molar refractivity (Wildman–Crippen MR) is 71.5 cm³/mol. The average molecular weight is 310 g/mol. The molecule has 0 aliphatic rings. The molecule has 0 heterocycles. The Morgan fingerprint density at radius 2 is 1.86 bits per heavy atom. The van der Waals surface area contributed by atoms with Crippen molar-refractivity contribution in [3.05, 3.63) is 54.4 Å². The first-order valence-electron chi connectivity index (χ1n) is 5.71. The molecule has 12 nitrogen and oxygen atoms in total. The molecule has 0 aromatic heterocycles. The van der Waals surface area contributed by atoms with Gasteiger partial charge in [-0.3, -0.25) is 25.0 Å². The number of ether oxygens (including phenoxy) is 1. The molecule has 0 amide bonds. The van der Waals surface area contributed by atoms with Crippen molar-refractivity contribution < 1.29 is 19.4 Å². The largest absolute Gasteiger partial charge is 0.460 e. The molecule has 116 valence electrons. The molecule has 0 aliphatic heterocycles. The highest BCUT2D eigenvalue weighted by Crippen LogP contribution is 2.23. The highest BCUT2D eigenvalue weighted by atomic mass is 16.6. The number of rotatable bonds is 7. The van der Waals surface area contributed by atoms with Crippen LogP contribution >= 0.6 is 0 Å². The van der Waals surface area contributed by atoms with Gasteiger partial charge in [-0.05, 0) is 5.53 Å². The summed E-state index contributed by atoms with van der Waals surface area (Å²) in [5.41, 5.74) is 12.5. The first-order chi connectivity index (χ1) is 10.3. The van der Waals surface area contributed by atoms with Crippen LogP contribution < -0.4 is 5.73 Å². The van der Waals surface area contributed by atoms with E-state index in [0.717, 1.165) is 18.2 Å². The van der Waals surface area contributed by atoms with Crippen molar-refractivity contribution in [3.8, 4) is 0 Å². The topological polar surface area (TPSA) is 187 Å². The van der Waals surface area contributed by atoms with E-state index in [4.69, 9.17) is 16.0 Å². The smallest absolute Gasteiger partial charge is 0.323 e. The Hall–Kier alpha value is -3.24. The molecule has 22 heavy (non-hydrogen) atoms. The van der Waals surface area contributed by atoms with E-state index in [9.17, 15) is 25.0 Å². The number of nitrogens with two attached hydrogens (primary N) is 1. The third-order valence-electron chi connectivity index (χ3n) is 2.41. The van der Waals surface area contributed by atoms with Gasteiger partial charge in [0, 0.05) is 22.6 Å². The van der Waals surface area contributed by atoms with Crippen LogP contribution in [0.15, 0.2) is 23.3 Å². The first kappa shape index (κ1) is 16.8. The van der Waals surface area contributed by atoms with E-state index in [2.05, 4.69) is 10.0 Å². The Balaban J connectivity index is 2.84. The minimum atomic E-state index is -1.19. The second kappa shape index (κ2) is 7.52. The van der Waals surface area contributed by atoms with Crippen LogP contribution in [0, 0.1) is 20.2 Å². The number of nitro groups is 2. The number of nitrogens with zero attached hydrogens (tertiary/aromatic N) is 5. The molecule has 1 atom stereocenters. The van der Waals surface area contributed by atoms with E-state index in [0.29, 0.717) is 0 Å². The summed E-state index contributed by atoms with van der Waals surface area (Å²) in [6.45, 7) is -0.754. The van der Waals surface area contributed by atoms with Gasteiger partial charge in [-0.1, -0.05) is 5.11 Å². The maximum Gasteiger partial charge on any atom is 0.323 e. The molecule has 2 N–H and O–H groups in total. The van der Waals surface area contributed by atoms with E-state index in [1.165, 1.54) is 0 Å². The number of carbonyl (C=O) groups excluding carboxylic acids is 1. The van der Waals surface area contributed by atoms with Crippen molar-refractivity contribution in [3.63, 3.8) is 0 Å². The van der Waals surface area contributed by atoms with Crippen LogP contribution in [0.5, 0.6) is 0 Å². The maximum atomic E-state index is 11.5. The number of benzene rings is 1. The van der Waals surface area contributed by atoms with E-state index in [1.807, 2.05) is 0 Å². The molecule has 0 radical (unpaired) electrons. The van der Waals surface area contributed by atoms with Gasteiger partial charge in [-0.15, -0.1) is 0 Å². The summed E-state index contributed by atoms with van der Waals surface area (Å²) in [4.78, 5) is 33.7. The lowest BCUT2D eigenvalue weighted by molar-refractivity contribution is -0.394. The quantitative estimate of drug-likeness (QED) is 0.195. The molecule has 1 unspecified atom stereocenters. The minimum absolute atomic E-state index is 0.0604. The summed E-state index contributed by atoms with van der Waals surface area (Å²) in [7, 11) is 0. The number of nitro benzene ring substituents is 2. The van der Waals surface area contributed by atoms with E-state index >= 15 is 0 Å². The van der Waals surface area contributed by atoms with Gasteiger partial charge in [-0.25, -0.2) is 0 Å². The Labute approximate surface area is 122 Å². The fourth-order valence-corrected chi connectivity index (χ4v) is 1.41. The second-order valence-electron chi connectivity index (χ2n) is 4.00. The second-order valence-corrected chi connectivity index (χ2v) is 4.00. The number of hydrogen-bond acceptors (Lipinski definition) is 8. The molecule has 1 aromatic rings. The van der Waals surface area contributed by atoms with Gasteiger partial charge in [0.1, 0.15) is 12.6 Å². The van der Waals surface area contributed by atoms with Crippen molar-refractivity contribution in [1.29, 1.82) is 0 Å². The van der Waals surface area contributed by atoms with Crippen LogP contribution in [0.25, 0.3) is 10.4 Å². The third-order valence-corrected chi connectivity index (χ3v) is 2.41.